The number of carbonyl (C=O) groups excluding carboxylic acids is 3. The smallest absolute Gasteiger partial charge is 0.272 e. The molecule has 6 heteroatoms. The van der Waals surface area contributed by atoms with E-state index in [4.69, 9.17) is 0 Å². The molecule has 0 unspecified atom stereocenters. The van der Waals surface area contributed by atoms with E-state index in [0.29, 0.717) is 22.4 Å². The van der Waals surface area contributed by atoms with Crippen molar-refractivity contribution in [3.63, 3.8) is 0 Å². The molecule has 0 aliphatic rings. The second kappa shape index (κ2) is 13.5. The highest BCUT2D eigenvalue weighted by molar-refractivity contribution is 6.11. The lowest BCUT2D eigenvalue weighted by Gasteiger charge is -2.11. The van der Waals surface area contributed by atoms with Crippen molar-refractivity contribution < 1.29 is 14.4 Å². The van der Waals surface area contributed by atoms with Crippen LogP contribution in [0.3, 0.4) is 0 Å². The summed E-state index contributed by atoms with van der Waals surface area (Å²) < 4.78 is 0. The fraction of sp³-hybridized carbons (Fsp3) is 0. The number of nitrogens with zero attached hydrogens (tertiary/aromatic N) is 1. The Labute approximate surface area is 244 Å². The first-order chi connectivity index (χ1) is 20.5. The van der Waals surface area contributed by atoms with Crippen LogP contribution in [0.2, 0.25) is 0 Å². The van der Waals surface area contributed by atoms with E-state index >= 15 is 0 Å². The molecule has 204 valence electrons. The highest BCUT2D eigenvalue weighted by Crippen LogP contribution is 2.20. The van der Waals surface area contributed by atoms with Gasteiger partial charge in [0, 0.05) is 29.2 Å². The van der Waals surface area contributed by atoms with Crippen LogP contribution in [0.5, 0.6) is 0 Å². The SMILES string of the molecule is O=C(Nc1ccc(C(=O)/C=C/c2ccc(-c3ccccc3)cc2)cc1)/C(=C/c1cccnc1)NC(=O)c1ccccc1. The number of carbonyl (C=O) groups is 3. The predicted molar refractivity (Wildman–Crippen MR) is 166 cm³/mol. The van der Waals surface area contributed by atoms with Gasteiger partial charge in [-0.25, -0.2) is 0 Å². The molecule has 5 aromatic rings. The maximum atomic E-state index is 13.2. The Bertz CT molecular complexity index is 1730. The number of hydrogen-bond donors (Lipinski definition) is 2. The van der Waals surface area contributed by atoms with Gasteiger partial charge in [-0.3, -0.25) is 19.4 Å². The molecule has 0 atom stereocenters. The zero-order chi connectivity index (χ0) is 29.1. The van der Waals surface area contributed by atoms with Crippen molar-refractivity contribution in [2.45, 2.75) is 0 Å². The second-order valence-electron chi connectivity index (χ2n) is 9.38. The maximum absolute atomic E-state index is 13.2. The molecule has 0 aliphatic heterocycles. The molecule has 4 aromatic carbocycles. The van der Waals surface area contributed by atoms with Gasteiger partial charge in [-0.15, -0.1) is 0 Å². The number of nitrogens with one attached hydrogen (secondary N) is 2. The van der Waals surface area contributed by atoms with Crippen LogP contribution in [0, 0.1) is 0 Å². The quantitative estimate of drug-likeness (QED) is 0.152. The summed E-state index contributed by atoms with van der Waals surface area (Å²) in [5.41, 5.74) is 5.24. The average Bonchev–Trinajstić information content (AvgIpc) is 3.05. The molecule has 5 rings (SSSR count). The Balaban J connectivity index is 1.24. The fourth-order valence-electron chi connectivity index (χ4n) is 4.17. The molecule has 0 fully saturated rings. The molecular formula is C36H27N3O3. The van der Waals surface area contributed by atoms with E-state index in [1.807, 2.05) is 48.5 Å². The van der Waals surface area contributed by atoms with Crippen LogP contribution in [0.15, 0.2) is 145 Å². The highest BCUT2D eigenvalue weighted by atomic mass is 16.2. The Morgan fingerprint density at radius 2 is 1.29 bits per heavy atom. The van der Waals surface area contributed by atoms with Crippen LogP contribution in [0.4, 0.5) is 5.69 Å². The highest BCUT2D eigenvalue weighted by Gasteiger charge is 2.15. The summed E-state index contributed by atoms with van der Waals surface area (Å²) in [6.45, 7) is 0. The summed E-state index contributed by atoms with van der Waals surface area (Å²) in [4.78, 5) is 42.8. The van der Waals surface area contributed by atoms with E-state index in [2.05, 4.69) is 27.8 Å². The van der Waals surface area contributed by atoms with Crippen molar-refractivity contribution in [2.75, 3.05) is 5.32 Å². The predicted octanol–water partition coefficient (Wildman–Crippen LogP) is 7.05. The molecule has 0 bridgehead atoms. The second-order valence-corrected chi connectivity index (χ2v) is 9.38. The number of aromatic nitrogens is 1. The summed E-state index contributed by atoms with van der Waals surface area (Å²) in [6, 6.07) is 36.8. The largest absolute Gasteiger partial charge is 0.321 e. The summed E-state index contributed by atoms with van der Waals surface area (Å²) >= 11 is 0. The van der Waals surface area contributed by atoms with Crippen molar-refractivity contribution in [3.05, 3.63) is 168 Å². The summed E-state index contributed by atoms with van der Waals surface area (Å²) in [6.07, 6.45) is 8.07. The van der Waals surface area contributed by atoms with Gasteiger partial charge in [-0.1, -0.05) is 84.9 Å². The van der Waals surface area contributed by atoms with Gasteiger partial charge in [-0.2, -0.15) is 0 Å². The molecule has 1 heterocycles. The van der Waals surface area contributed by atoms with Crippen molar-refractivity contribution in [1.82, 2.24) is 10.3 Å². The van der Waals surface area contributed by atoms with Crippen LogP contribution in [-0.4, -0.2) is 22.6 Å². The zero-order valence-electron chi connectivity index (χ0n) is 22.6. The third kappa shape index (κ3) is 7.40. The van der Waals surface area contributed by atoms with Gasteiger partial charge in [0.25, 0.3) is 11.8 Å². The zero-order valence-corrected chi connectivity index (χ0v) is 22.6. The Morgan fingerprint density at radius 3 is 1.95 bits per heavy atom. The Kier molecular flexibility index (Phi) is 8.87. The van der Waals surface area contributed by atoms with Gasteiger partial charge < -0.3 is 10.6 Å². The number of benzene rings is 4. The minimum atomic E-state index is -0.513. The molecule has 1 aromatic heterocycles. The summed E-state index contributed by atoms with van der Waals surface area (Å²) in [5, 5.41) is 5.49. The maximum Gasteiger partial charge on any atom is 0.272 e. The van der Waals surface area contributed by atoms with E-state index in [9.17, 15) is 14.4 Å². The van der Waals surface area contributed by atoms with Crippen LogP contribution < -0.4 is 10.6 Å². The van der Waals surface area contributed by atoms with E-state index in [-0.39, 0.29) is 11.5 Å². The molecule has 0 radical (unpaired) electrons. The lowest BCUT2D eigenvalue weighted by atomic mass is 10.0. The number of anilines is 1. The van der Waals surface area contributed by atoms with Gasteiger partial charge >= 0.3 is 0 Å². The van der Waals surface area contributed by atoms with Gasteiger partial charge in [0.2, 0.25) is 0 Å². The molecule has 2 amide bonds. The molecule has 0 saturated heterocycles. The normalized spacial score (nSPS) is 11.2. The fourth-order valence-corrected chi connectivity index (χ4v) is 4.17. The lowest BCUT2D eigenvalue weighted by molar-refractivity contribution is -0.113. The summed E-state index contributed by atoms with van der Waals surface area (Å²) in [5.74, 6) is -1.09. The van der Waals surface area contributed by atoms with Gasteiger partial charge in [-0.05, 0) is 76.9 Å². The summed E-state index contributed by atoms with van der Waals surface area (Å²) in [7, 11) is 0. The van der Waals surface area contributed by atoms with Gasteiger partial charge in [0.05, 0.1) is 0 Å². The number of amides is 2. The van der Waals surface area contributed by atoms with Gasteiger partial charge in [0.15, 0.2) is 5.78 Å². The first kappa shape index (κ1) is 27.7. The van der Waals surface area contributed by atoms with Crippen LogP contribution in [0.1, 0.15) is 31.8 Å². The van der Waals surface area contributed by atoms with Crippen molar-refractivity contribution >= 4 is 35.4 Å². The molecule has 6 nitrogen and oxygen atoms in total. The van der Waals surface area contributed by atoms with Crippen LogP contribution >= 0.6 is 0 Å². The number of hydrogen-bond acceptors (Lipinski definition) is 4. The monoisotopic (exact) mass is 549 g/mol. The van der Waals surface area contributed by atoms with Crippen LogP contribution in [0.25, 0.3) is 23.3 Å². The lowest BCUT2D eigenvalue weighted by Crippen LogP contribution is -2.30. The molecule has 0 saturated carbocycles. The Morgan fingerprint density at radius 1 is 0.619 bits per heavy atom. The topological polar surface area (TPSA) is 88.2 Å². The standard InChI is InChI=1S/C36H27N3O3/c40-34(22-15-26-13-16-29(17-14-26)28-9-3-1-4-10-28)30-18-20-32(21-19-30)38-36(42)33(24-27-8-7-23-37-25-27)39-35(41)31-11-5-2-6-12-31/h1-25H,(H,38,42)(H,39,41)/b22-15+,33-24-. The van der Waals surface area contributed by atoms with E-state index in [1.165, 1.54) is 6.08 Å². The number of pyridine rings is 1. The third-order valence-corrected chi connectivity index (χ3v) is 6.40. The number of ketones is 1. The van der Waals surface area contributed by atoms with E-state index in [1.54, 1.807) is 85.2 Å². The molecule has 0 aliphatic carbocycles. The average molecular weight is 550 g/mol. The van der Waals surface area contributed by atoms with Crippen molar-refractivity contribution in [3.8, 4) is 11.1 Å². The van der Waals surface area contributed by atoms with Crippen molar-refractivity contribution in [2.24, 2.45) is 0 Å². The molecular weight excluding hydrogens is 522 g/mol. The van der Waals surface area contributed by atoms with Crippen LogP contribution in [-0.2, 0) is 4.79 Å². The van der Waals surface area contributed by atoms with E-state index < -0.39 is 11.8 Å². The minimum absolute atomic E-state index is 0.0539. The molecule has 42 heavy (non-hydrogen) atoms. The minimum Gasteiger partial charge on any atom is -0.321 e. The molecule has 2 N–H and O–H groups in total. The van der Waals surface area contributed by atoms with Crippen molar-refractivity contribution in [1.29, 1.82) is 0 Å². The molecule has 0 spiro atoms. The number of rotatable bonds is 9. The van der Waals surface area contributed by atoms with E-state index in [0.717, 1.165) is 16.7 Å². The third-order valence-electron chi connectivity index (χ3n) is 6.40. The first-order valence-corrected chi connectivity index (χ1v) is 13.3. The first-order valence-electron chi connectivity index (χ1n) is 13.3. The van der Waals surface area contributed by atoms with Gasteiger partial charge in [0.1, 0.15) is 5.70 Å². The number of allylic oxidation sites excluding steroid dienone is 1. The Hall–Kier alpha value is -5.88.